The van der Waals surface area contributed by atoms with Crippen molar-refractivity contribution in [2.45, 2.75) is 6.92 Å². The number of carbonyl (C=O) groups excluding carboxylic acids is 2. The van der Waals surface area contributed by atoms with Gasteiger partial charge in [0.25, 0.3) is 0 Å². The monoisotopic (exact) mass is 127 g/mol. The molecule has 8 heavy (non-hydrogen) atoms. The third-order valence-electron chi connectivity index (χ3n) is 0.394. The van der Waals surface area contributed by atoms with Crippen LogP contribution in [0.1, 0.15) is 6.92 Å². The Kier molecular flexibility index (Phi) is 7.19. The summed E-state index contributed by atoms with van der Waals surface area (Å²) in [6.07, 6.45) is 0. The Morgan fingerprint density at radius 3 is 1.88 bits per heavy atom. The minimum atomic E-state index is -1.01. The van der Waals surface area contributed by atoms with E-state index in [4.69, 9.17) is 0 Å². The number of hydrogen-bond acceptors (Lipinski definition) is 4. The van der Waals surface area contributed by atoms with Gasteiger partial charge >= 0.3 is 35.5 Å². The van der Waals surface area contributed by atoms with Crippen LogP contribution in [0.4, 0.5) is 0 Å². The third kappa shape index (κ3) is 4.26. The fraction of sp³-hybridized carbons (Fsp3) is 0.333. The van der Waals surface area contributed by atoms with Crippen LogP contribution in [0, 0.1) is 0 Å². The Bertz CT molecular complexity index is 103. The Hall–Kier alpha value is 0.1000. The zero-order chi connectivity index (χ0) is 5.86. The molecule has 0 fully saturated rings. The van der Waals surface area contributed by atoms with Gasteiger partial charge in [-0.1, -0.05) is 0 Å². The van der Waals surface area contributed by atoms with Crippen LogP contribution in [0.15, 0.2) is 0 Å². The van der Waals surface area contributed by atoms with E-state index in [1.165, 1.54) is 0 Å². The first-order valence-corrected chi connectivity index (χ1v) is 1.60. The van der Waals surface area contributed by atoms with Crippen LogP contribution in [0.5, 0.6) is 0 Å². The van der Waals surface area contributed by atoms with Gasteiger partial charge in [-0.2, -0.15) is 5.90 Å². The van der Waals surface area contributed by atoms with Crippen LogP contribution in [0.3, 0.4) is 0 Å². The molecule has 0 saturated heterocycles. The molecule has 0 atom stereocenters. The van der Waals surface area contributed by atoms with Crippen molar-refractivity contribution in [2.24, 2.45) is 5.90 Å². The van der Waals surface area contributed by atoms with E-state index in [0.717, 1.165) is 6.92 Å². The van der Waals surface area contributed by atoms with Crippen molar-refractivity contribution in [3.05, 3.63) is 0 Å². The molecule has 0 rings (SSSR count). The molecule has 0 spiro atoms. The van der Waals surface area contributed by atoms with Gasteiger partial charge in [0.2, 0.25) is 5.78 Å². The van der Waals surface area contributed by atoms with E-state index in [2.05, 4.69) is 10.7 Å². The number of rotatable bonds is 1. The van der Waals surface area contributed by atoms with Crippen molar-refractivity contribution in [1.82, 2.24) is 0 Å². The summed E-state index contributed by atoms with van der Waals surface area (Å²) >= 11 is 0. The molecule has 2 N–H and O–H groups in total. The molecule has 0 aliphatic carbocycles. The van der Waals surface area contributed by atoms with Gasteiger partial charge in [0.15, 0.2) is 0 Å². The molecule has 0 aromatic carbocycles. The number of ketones is 1. The first-order valence-electron chi connectivity index (χ1n) is 1.60. The second kappa shape index (κ2) is 5.24. The average Bonchev–Trinajstić information content (AvgIpc) is 1.65. The molecule has 0 aromatic heterocycles. The predicted molar refractivity (Wildman–Crippen MR) is 28.1 cm³/mol. The summed E-state index contributed by atoms with van der Waals surface area (Å²) < 4.78 is 0. The second-order valence-corrected chi connectivity index (χ2v) is 0.961. The summed E-state index contributed by atoms with van der Waals surface area (Å²) in [6.45, 7) is 1.08. The molecule has 0 bridgehead atoms. The Balaban J connectivity index is 0. The molecule has 0 aromatic rings. The predicted octanol–water partition coefficient (Wildman–Crippen LogP) is -1.66. The fourth-order valence-electron chi connectivity index (χ4n) is 0.0830. The van der Waals surface area contributed by atoms with E-state index in [9.17, 15) is 9.59 Å². The number of hydrogen-bond donors (Lipinski definition) is 1. The first-order chi connectivity index (χ1) is 3.18. The van der Waals surface area contributed by atoms with E-state index in [-0.39, 0.29) is 29.6 Å². The van der Waals surface area contributed by atoms with Gasteiger partial charge in [-0.15, -0.1) is 0 Å². The molecular weight excluding hydrogens is 121 g/mol. The van der Waals surface area contributed by atoms with Gasteiger partial charge in [0.05, 0.1) is 0 Å². The summed E-state index contributed by atoms with van der Waals surface area (Å²) in [5.74, 6) is 2.60. The van der Waals surface area contributed by atoms with Crippen molar-refractivity contribution >= 4 is 41.3 Å². The summed E-state index contributed by atoms with van der Waals surface area (Å²) in [5.41, 5.74) is 0. The molecule has 0 radical (unpaired) electrons. The molecule has 0 aliphatic rings. The number of Topliss-reactive ketones (excluding diaryl/α,β-unsaturated/α-hetero) is 1. The quantitative estimate of drug-likeness (QED) is 0.260. The first kappa shape index (κ1) is 11.0. The molecule has 42 valence electrons. The molecule has 0 heterocycles. The van der Waals surface area contributed by atoms with Crippen LogP contribution in [0.25, 0.3) is 0 Å². The van der Waals surface area contributed by atoms with E-state index >= 15 is 0 Å². The number of nitrogens with two attached hydrogens (primary N) is 1. The Morgan fingerprint density at radius 1 is 1.50 bits per heavy atom. The number of carbonyl (C=O) groups is 2. The van der Waals surface area contributed by atoms with Crippen LogP contribution < -0.4 is 5.90 Å². The van der Waals surface area contributed by atoms with Gasteiger partial charge in [-0.05, 0) is 0 Å². The van der Waals surface area contributed by atoms with Gasteiger partial charge < -0.3 is 4.84 Å². The summed E-state index contributed by atoms with van der Waals surface area (Å²) in [5, 5.41) is 0. The topological polar surface area (TPSA) is 69.4 Å². The SMILES string of the molecule is CC(=O)C(=O)ON.[NaH]. The van der Waals surface area contributed by atoms with Gasteiger partial charge in [-0.25, -0.2) is 4.79 Å². The Labute approximate surface area is 68.6 Å². The zero-order valence-corrected chi connectivity index (χ0v) is 3.80. The van der Waals surface area contributed by atoms with E-state index in [1.807, 2.05) is 0 Å². The maximum atomic E-state index is 9.82. The van der Waals surface area contributed by atoms with Crippen molar-refractivity contribution in [2.75, 3.05) is 0 Å². The normalized spacial score (nSPS) is 6.75. The van der Waals surface area contributed by atoms with Crippen molar-refractivity contribution in [1.29, 1.82) is 0 Å². The molecule has 0 amide bonds. The fourth-order valence-corrected chi connectivity index (χ4v) is 0.0830. The van der Waals surface area contributed by atoms with Crippen LogP contribution in [-0.2, 0) is 14.4 Å². The van der Waals surface area contributed by atoms with Crippen LogP contribution >= 0.6 is 0 Å². The second-order valence-electron chi connectivity index (χ2n) is 0.961. The van der Waals surface area contributed by atoms with E-state index < -0.39 is 11.8 Å². The molecular formula is C3H6NNaO3. The molecule has 4 nitrogen and oxygen atoms in total. The minimum absolute atomic E-state index is 0. The molecule has 0 saturated carbocycles. The van der Waals surface area contributed by atoms with Crippen molar-refractivity contribution < 1.29 is 14.4 Å². The summed E-state index contributed by atoms with van der Waals surface area (Å²) in [6, 6.07) is 0. The van der Waals surface area contributed by atoms with Gasteiger partial charge in [0.1, 0.15) is 0 Å². The van der Waals surface area contributed by atoms with Crippen molar-refractivity contribution in [3.63, 3.8) is 0 Å². The van der Waals surface area contributed by atoms with Crippen molar-refractivity contribution in [3.8, 4) is 0 Å². The van der Waals surface area contributed by atoms with Crippen LogP contribution in [-0.4, -0.2) is 41.3 Å². The van der Waals surface area contributed by atoms with Gasteiger partial charge in [0, 0.05) is 6.92 Å². The van der Waals surface area contributed by atoms with Gasteiger partial charge in [-0.3, -0.25) is 4.79 Å². The average molecular weight is 127 g/mol. The third-order valence-corrected chi connectivity index (χ3v) is 0.394. The summed E-state index contributed by atoms with van der Waals surface area (Å²) in [7, 11) is 0. The Morgan fingerprint density at radius 2 is 1.88 bits per heavy atom. The molecule has 0 aliphatic heterocycles. The van der Waals surface area contributed by atoms with E-state index in [0.29, 0.717) is 0 Å². The maximum absolute atomic E-state index is 9.82. The molecule has 5 heteroatoms. The summed E-state index contributed by atoms with van der Waals surface area (Å²) in [4.78, 5) is 23.2. The standard InChI is InChI=1S/C3H5NO3.Na.H/c1-2(5)3(6)7-4;;/h4H2,1H3;;. The zero-order valence-electron chi connectivity index (χ0n) is 3.80. The van der Waals surface area contributed by atoms with Crippen LogP contribution in [0.2, 0.25) is 0 Å². The molecule has 0 unspecified atom stereocenters. The van der Waals surface area contributed by atoms with E-state index in [1.54, 1.807) is 0 Å².